The lowest BCUT2D eigenvalue weighted by molar-refractivity contribution is -0.384. The summed E-state index contributed by atoms with van der Waals surface area (Å²) >= 11 is 5.19. The highest BCUT2D eigenvalue weighted by Crippen LogP contribution is 2.43. The van der Waals surface area contributed by atoms with Gasteiger partial charge in [-0.1, -0.05) is 18.6 Å². The molecule has 1 N–H and O–H groups in total. The molecule has 1 aliphatic rings. The normalized spacial score (nSPS) is 16.4. The quantitative estimate of drug-likeness (QED) is 0.534. The average molecular weight is 304 g/mol. The molecule has 1 aromatic heterocycles. The summed E-state index contributed by atoms with van der Waals surface area (Å²) in [7, 11) is 1.88. The Morgan fingerprint density at radius 1 is 1.52 bits per heavy atom. The van der Waals surface area contributed by atoms with Crippen LogP contribution in [0.3, 0.4) is 0 Å². The van der Waals surface area contributed by atoms with E-state index in [1.807, 2.05) is 17.7 Å². The van der Waals surface area contributed by atoms with Gasteiger partial charge in [-0.2, -0.15) is 5.10 Å². The third-order valence-electron chi connectivity index (χ3n) is 4.25. The molecule has 0 bridgehead atoms. The van der Waals surface area contributed by atoms with Gasteiger partial charge in [0.25, 0.3) is 5.69 Å². The van der Waals surface area contributed by atoms with Crippen LogP contribution in [-0.4, -0.2) is 19.7 Å². The fraction of sp³-hybridized carbons (Fsp3) is 0.429. The van der Waals surface area contributed by atoms with Crippen LogP contribution < -0.4 is 0 Å². The maximum atomic E-state index is 11.0. The zero-order valence-electron chi connectivity index (χ0n) is 11.7. The molecule has 1 aromatic carbocycles. The maximum absolute atomic E-state index is 11.0. The van der Waals surface area contributed by atoms with Gasteiger partial charge in [0.2, 0.25) is 0 Å². The van der Waals surface area contributed by atoms with Gasteiger partial charge in [0.15, 0.2) is 4.77 Å². The van der Waals surface area contributed by atoms with Crippen LogP contribution in [0.15, 0.2) is 24.3 Å². The second-order valence-corrected chi connectivity index (χ2v) is 5.85. The summed E-state index contributed by atoms with van der Waals surface area (Å²) in [6.45, 7) is 0. The number of hydrogen-bond donors (Lipinski definition) is 1. The topological polar surface area (TPSA) is 76.8 Å². The Morgan fingerprint density at radius 2 is 2.29 bits per heavy atom. The number of H-pyrrole nitrogens is 1. The van der Waals surface area contributed by atoms with Crippen LogP contribution in [-0.2, 0) is 7.05 Å². The first kappa shape index (κ1) is 13.9. The minimum atomic E-state index is -0.357. The largest absolute Gasteiger partial charge is 0.307 e. The lowest BCUT2D eigenvalue weighted by Gasteiger charge is -2.33. The van der Waals surface area contributed by atoms with Gasteiger partial charge in [0.1, 0.15) is 5.82 Å². The highest BCUT2D eigenvalue weighted by atomic mass is 32.1. The summed E-state index contributed by atoms with van der Waals surface area (Å²) in [4.78, 5) is 10.6. The van der Waals surface area contributed by atoms with Crippen molar-refractivity contribution in [1.82, 2.24) is 14.8 Å². The molecule has 6 nitrogen and oxygen atoms in total. The Kier molecular flexibility index (Phi) is 3.59. The molecule has 110 valence electrons. The van der Waals surface area contributed by atoms with Gasteiger partial charge < -0.3 is 4.57 Å². The van der Waals surface area contributed by atoms with Gasteiger partial charge in [-0.05, 0) is 36.5 Å². The molecule has 1 fully saturated rings. The predicted octanol–water partition coefficient (Wildman–Crippen LogP) is 3.32. The minimum absolute atomic E-state index is 0.0524. The average Bonchev–Trinajstić information content (AvgIpc) is 2.74. The second-order valence-electron chi connectivity index (χ2n) is 5.47. The third kappa shape index (κ3) is 2.49. The SMILES string of the molecule is Cn1c(C(c2cccc([N+](=O)[O-])c2)C2CCC2)n[nH]c1=S. The van der Waals surface area contributed by atoms with Crippen molar-refractivity contribution in [3.05, 3.63) is 50.5 Å². The number of nitrogens with zero attached hydrogens (tertiary/aromatic N) is 3. The van der Waals surface area contributed by atoms with Crippen molar-refractivity contribution in [2.45, 2.75) is 25.2 Å². The van der Waals surface area contributed by atoms with Crippen LogP contribution in [0.4, 0.5) is 5.69 Å². The van der Waals surface area contributed by atoms with E-state index in [9.17, 15) is 10.1 Å². The zero-order valence-corrected chi connectivity index (χ0v) is 12.5. The summed E-state index contributed by atoms with van der Waals surface area (Å²) in [5.41, 5.74) is 1.06. The van der Waals surface area contributed by atoms with Gasteiger partial charge >= 0.3 is 0 Å². The summed E-state index contributed by atoms with van der Waals surface area (Å²) in [6.07, 6.45) is 3.44. The highest BCUT2D eigenvalue weighted by Gasteiger charge is 2.33. The van der Waals surface area contributed by atoms with Crippen LogP contribution in [0.5, 0.6) is 0 Å². The van der Waals surface area contributed by atoms with E-state index in [0.29, 0.717) is 10.7 Å². The molecule has 1 saturated carbocycles. The standard InChI is InChI=1S/C14H16N4O2S/c1-17-13(15-16-14(17)21)12(9-4-2-5-9)10-6-3-7-11(8-10)18(19)20/h3,6-9,12H,2,4-5H2,1H3,(H,16,21). The Labute approximate surface area is 127 Å². The number of hydrogen-bond acceptors (Lipinski definition) is 4. The van der Waals surface area contributed by atoms with Crippen molar-refractivity contribution in [3.8, 4) is 0 Å². The first-order valence-corrected chi connectivity index (χ1v) is 7.34. The van der Waals surface area contributed by atoms with Crippen LogP contribution in [0.2, 0.25) is 0 Å². The van der Waals surface area contributed by atoms with Crippen molar-refractivity contribution in [3.63, 3.8) is 0 Å². The van der Waals surface area contributed by atoms with Crippen LogP contribution >= 0.6 is 12.2 Å². The number of benzene rings is 1. The zero-order chi connectivity index (χ0) is 15.0. The molecule has 7 heteroatoms. The number of aromatic nitrogens is 3. The Bertz CT molecular complexity index is 733. The van der Waals surface area contributed by atoms with E-state index in [-0.39, 0.29) is 16.5 Å². The van der Waals surface area contributed by atoms with Crippen molar-refractivity contribution in [2.24, 2.45) is 13.0 Å². The van der Waals surface area contributed by atoms with E-state index in [0.717, 1.165) is 24.2 Å². The molecule has 1 heterocycles. The molecule has 21 heavy (non-hydrogen) atoms. The predicted molar refractivity (Wildman–Crippen MR) is 80.7 cm³/mol. The van der Waals surface area contributed by atoms with Crippen molar-refractivity contribution in [1.29, 1.82) is 0 Å². The fourth-order valence-electron chi connectivity index (χ4n) is 2.87. The number of nitro groups is 1. The molecule has 0 saturated heterocycles. The summed E-state index contributed by atoms with van der Waals surface area (Å²) in [5, 5.41) is 18.2. The number of nitrogens with one attached hydrogen (secondary N) is 1. The number of rotatable bonds is 4. The maximum Gasteiger partial charge on any atom is 0.269 e. The molecule has 0 amide bonds. The minimum Gasteiger partial charge on any atom is -0.307 e. The van der Waals surface area contributed by atoms with Crippen LogP contribution in [0.25, 0.3) is 0 Å². The van der Waals surface area contributed by atoms with Crippen molar-refractivity contribution in [2.75, 3.05) is 0 Å². The molecule has 1 atom stereocenters. The fourth-order valence-corrected chi connectivity index (χ4v) is 3.01. The van der Waals surface area contributed by atoms with Crippen molar-refractivity contribution < 1.29 is 4.92 Å². The summed E-state index contributed by atoms with van der Waals surface area (Å²) in [6, 6.07) is 6.85. The second kappa shape index (κ2) is 5.40. The molecule has 2 aromatic rings. The Morgan fingerprint density at radius 3 is 2.81 bits per heavy atom. The molecule has 1 aliphatic carbocycles. The molecule has 0 aliphatic heterocycles. The first-order valence-electron chi connectivity index (χ1n) is 6.93. The lowest BCUT2D eigenvalue weighted by atomic mass is 9.72. The third-order valence-corrected chi connectivity index (χ3v) is 4.62. The molecule has 1 unspecified atom stereocenters. The Balaban J connectivity index is 2.08. The van der Waals surface area contributed by atoms with Gasteiger partial charge in [-0.15, -0.1) is 0 Å². The molecular formula is C14H16N4O2S. The summed E-state index contributed by atoms with van der Waals surface area (Å²) in [5.74, 6) is 1.37. The van der Waals surface area contributed by atoms with Gasteiger partial charge in [0.05, 0.1) is 4.92 Å². The van der Waals surface area contributed by atoms with Gasteiger partial charge in [-0.25, -0.2) is 0 Å². The van der Waals surface area contributed by atoms with Crippen LogP contribution in [0, 0.1) is 20.8 Å². The number of nitro benzene ring substituents is 1. The Hall–Kier alpha value is -2.02. The van der Waals surface area contributed by atoms with E-state index >= 15 is 0 Å². The number of aromatic amines is 1. The lowest BCUT2D eigenvalue weighted by Crippen LogP contribution is -2.24. The van der Waals surface area contributed by atoms with E-state index < -0.39 is 0 Å². The number of non-ortho nitro benzene ring substituents is 1. The smallest absolute Gasteiger partial charge is 0.269 e. The highest BCUT2D eigenvalue weighted by molar-refractivity contribution is 7.71. The van der Waals surface area contributed by atoms with E-state index in [4.69, 9.17) is 12.2 Å². The van der Waals surface area contributed by atoms with E-state index in [1.165, 1.54) is 12.5 Å². The monoisotopic (exact) mass is 304 g/mol. The molecular weight excluding hydrogens is 288 g/mol. The molecule has 0 spiro atoms. The van der Waals surface area contributed by atoms with Crippen LogP contribution in [0.1, 0.15) is 36.6 Å². The van der Waals surface area contributed by atoms with E-state index in [2.05, 4.69) is 10.2 Å². The molecule has 3 rings (SSSR count). The van der Waals surface area contributed by atoms with Crippen molar-refractivity contribution >= 4 is 17.9 Å². The van der Waals surface area contributed by atoms with Gasteiger partial charge in [-0.3, -0.25) is 15.2 Å². The summed E-state index contributed by atoms with van der Waals surface area (Å²) < 4.78 is 2.43. The van der Waals surface area contributed by atoms with E-state index in [1.54, 1.807) is 12.1 Å². The molecule has 0 radical (unpaired) electrons. The van der Waals surface area contributed by atoms with Gasteiger partial charge in [0, 0.05) is 25.1 Å². The first-order chi connectivity index (χ1) is 10.1.